The fourth-order valence-corrected chi connectivity index (χ4v) is 2.82. The predicted molar refractivity (Wildman–Crippen MR) is 68.8 cm³/mol. The minimum atomic E-state index is -0.202. The maximum atomic E-state index is 11.8. The van der Waals surface area contributed by atoms with Gasteiger partial charge in [0.2, 0.25) is 0 Å². The molecule has 1 unspecified atom stereocenters. The second kappa shape index (κ2) is 5.28. The Labute approximate surface area is 111 Å². The van der Waals surface area contributed by atoms with Crippen molar-refractivity contribution in [3.8, 4) is 0 Å². The highest BCUT2D eigenvalue weighted by atomic mass is 35.5. The van der Waals surface area contributed by atoms with E-state index in [0.29, 0.717) is 10.0 Å². The first kappa shape index (κ1) is 12.7. The van der Waals surface area contributed by atoms with E-state index in [2.05, 4.69) is 0 Å². The fraction of sp³-hybridized carbons (Fsp3) is 0.462. The lowest BCUT2D eigenvalue weighted by Crippen LogP contribution is -2.14. The summed E-state index contributed by atoms with van der Waals surface area (Å²) in [6, 6.07) is 3.65. The average Bonchev–Trinajstić information content (AvgIpc) is 2.55. The molecule has 0 aliphatic heterocycles. The third-order valence-electron chi connectivity index (χ3n) is 3.26. The smallest absolute Gasteiger partial charge is 0.313 e. The predicted octanol–water partition coefficient (Wildman–Crippen LogP) is 3.98. The molecule has 0 radical (unpaired) electrons. The lowest BCUT2D eigenvalue weighted by atomic mass is 9.93. The quantitative estimate of drug-likeness (QED) is 0.571. The van der Waals surface area contributed by atoms with Gasteiger partial charge in [-0.2, -0.15) is 0 Å². The van der Waals surface area contributed by atoms with Crippen LogP contribution in [-0.2, 0) is 16.0 Å². The molecule has 0 bridgehead atoms. The number of carbonyl (C=O) groups is 1. The zero-order valence-electron chi connectivity index (χ0n) is 9.63. The molecule has 1 aliphatic carbocycles. The third kappa shape index (κ3) is 2.43. The molecule has 1 aromatic rings. The molecule has 92 valence electrons. The summed E-state index contributed by atoms with van der Waals surface area (Å²) in [5, 5.41) is 1.14. The van der Waals surface area contributed by atoms with Crippen molar-refractivity contribution in [1.29, 1.82) is 0 Å². The van der Waals surface area contributed by atoms with Crippen molar-refractivity contribution in [2.45, 2.75) is 31.6 Å². The van der Waals surface area contributed by atoms with Crippen molar-refractivity contribution in [2.75, 3.05) is 7.11 Å². The van der Waals surface area contributed by atoms with Crippen LogP contribution in [0.1, 0.15) is 36.3 Å². The van der Waals surface area contributed by atoms with E-state index >= 15 is 0 Å². The molecule has 1 aliphatic rings. The number of esters is 1. The first-order valence-electron chi connectivity index (χ1n) is 5.69. The van der Waals surface area contributed by atoms with Crippen LogP contribution in [0.5, 0.6) is 0 Å². The largest absolute Gasteiger partial charge is 0.469 e. The number of ether oxygens (including phenoxy) is 1. The van der Waals surface area contributed by atoms with E-state index in [1.807, 2.05) is 6.07 Å². The summed E-state index contributed by atoms with van der Waals surface area (Å²) >= 11 is 12.2. The highest BCUT2D eigenvalue weighted by Crippen LogP contribution is 2.38. The highest BCUT2D eigenvalue weighted by molar-refractivity contribution is 6.42. The molecule has 4 heteroatoms. The Kier molecular flexibility index (Phi) is 3.95. The first-order chi connectivity index (χ1) is 8.15. The van der Waals surface area contributed by atoms with Gasteiger partial charge in [0.05, 0.1) is 23.1 Å². The number of benzene rings is 1. The SMILES string of the molecule is COC(=O)C1CCCCc2c1ccc(Cl)c2Cl. The van der Waals surface area contributed by atoms with E-state index in [1.165, 1.54) is 7.11 Å². The minimum Gasteiger partial charge on any atom is -0.469 e. The van der Waals surface area contributed by atoms with Crippen LogP contribution < -0.4 is 0 Å². The molecule has 0 amide bonds. The van der Waals surface area contributed by atoms with Gasteiger partial charge >= 0.3 is 5.97 Å². The topological polar surface area (TPSA) is 26.3 Å². The van der Waals surface area contributed by atoms with Crippen LogP contribution in [0.2, 0.25) is 10.0 Å². The monoisotopic (exact) mass is 272 g/mol. The normalized spacial score (nSPS) is 19.4. The highest BCUT2D eigenvalue weighted by Gasteiger charge is 2.27. The molecular formula is C13H14Cl2O2. The Morgan fingerprint density at radius 3 is 2.82 bits per heavy atom. The van der Waals surface area contributed by atoms with Crippen molar-refractivity contribution in [1.82, 2.24) is 0 Å². The number of hydrogen-bond acceptors (Lipinski definition) is 2. The van der Waals surface area contributed by atoms with Crippen LogP contribution in [0, 0.1) is 0 Å². The zero-order chi connectivity index (χ0) is 12.4. The molecule has 1 aromatic carbocycles. The number of carbonyl (C=O) groups excluding carboxylic acids is 1. The zero-order valence-corrected chi connectivity index (χ0v) is 11.1. The molecule has 1 atom stereocenters. The van der Waals surface area contributed by atoms with Crippen molar-refractivity contribution < 1.29 is 9.53 Å². The second-order valence-electron chi connectivity index (χ2n) is 4.25. The summed E-state index contributed by atoms with van der Waals surface area (Å²) in [5.41, 5.74) is 1.98. The van der Waals surface area contributed by atoms with Gasteiger partial charge in [0.1, 0.15) is 0 Å². The lowest BCUT2D eigenvalue weighted by molar-refractivity contribution is -0.142. The number of halogens is 2. The van der Waals surface area contributed by atoms with E-state index < -0.39 is 0 Å². The van der Waals surface area contributed by atoms with E-state index in [4.69, 9.17) is 27.9 Å². The van der Waals surface area contributed by atoms with Crippen LogP contribution >= 0.6 is 23.2 Å². The minimum absolute atomic E-state index is 0.188. The Morgan fingerprint density at radius 2 is 2.12 bits per heavy atom. The van der Waals surface area contributed by atoms with Crippen molar-refractivity contribution >= 4 is 29.2 Å². The number of methoxy groups -OCH3 is 1. The molecule has 0 N–H and O–H groups in total. The molecule has 0 saturated heterocycles. The maximum Gasteiger partial charge on any atom is 0.313 e. The Bertz CT molecular complexity index is 443. The third-order valence-corrected chi connectivity index (χ3v) is 4.11. The van der Waals surface area contributed by atoms with Crippen molar-refractivity contribution in [3.63, 3.8) is 0 Å². The Hall–Kier alpha value is -0.730. The molecule has 0 spiro atoms. The summed E-state index contributed by atoms with van der Waals surface area (Å²) in [5.74, 6) is -0.390. The lowest BCUT2D eigenvalue weighted by Gasteiger charge is -2.16. The standard InChI is InChI=1S/C13H14Cl2O2/c1-17-13(16)10-5-3-2-4-9-8(10)6-7-11(14)12(9)15/h6-7,10H,2-5H2,1H3. The number of fused-ring (bicyclic) bond motifs is 1. The second-order valence-corrected chi connectivity index (χ2v) is 5.04. The number of hydrogen-bond donors (Lipinski definition) is 0. The van der Waals surface area contributed by atoms with Gasteiger partial charge in [-0.1, -0.05) is 35.7 Å². The van der Waals surface area contributed by atoms with Crippen LogP contribution in [0.25, 0.3) is 0 Å². The Morgan fingerprint density at radius 1 is 1.35 bits per heavy atom. The molecule has 0 fully saturated rings. The van der Waals surface area contributed by atoms with Crippen LogP contribution in [-0.4, -0.2) is 13.1 Å². The van der Waals surface area contributed by atoms with Crippen LogP contribution in [0.3, 0.4) is 0 Å². The molecule has 17 heavy (non-hydrogen) atoms. The van der Waals surface area contributed by atoms with E-state index in [-0.39, 0.29) is 11.9 Å². The molecule has 2 nitrogen and oxygen atoms in total. The Balaban J connectivity index is 2.50. The van der Waals surface area contributed by atoms with Gasteiger partial charge in [0, 0.05) is 0 Å². The first-order valence-corrected chi connectivity index (χ1v) is 6.45. The summed E-state index contributed by atoms with van der Waals surface area (Å²) in [6.07, 6.45) is 3.73. The van der Waals surface area contributed by atoms with Crippen LogP contribution in [0.4, 0.5) is 0 Å². The molecular weight excluding hydrogens is 259 g/mol. The van der Waals surface area contributed by atoms with Gasteiger partial charge in [0.15, 0.2) is 0 Å². The van der Waals surface area contributed by atoms with E-state index in [1.54, 1.807) is 6.07 Å². The summed E-state index contributed by atoms with van der Waals surface area (Å²) in [7, 11) is 1.42. The molecule has 0 heterocycles. The van der Waals surface area contributed by atoms with Crippen molar-refractivity contribution in [3.05, 3.63) is 33.3 Å². The van der Waals surface area contributed by atoms with Gasteiger partial charge in [-0.25, -0.2) is 0 Å². The molecule has 2 rings (SSSR count). The van der Waals surface area contributed by atoms with E-state index in [9.17, 15) is 4.79 Å². The summed E-state index contributed by atoms with van der Waals surface area (Å²) in [6.45, 7) is 0. The van der Waals surface area contributed by atoms with Crippen molar-refractivity contribution in [2.24, 2.45) is 0 Å². The number of rotatable bonds is 1. The van der Waals surface area contributed by atoms with Gasteiger partial charge in [-0.3, -0.25) is 4.79 Å². The maximum absolute atomic E-state index is 11.8. The average molecular weight is 273 g/mol. The van der Waals surface area contributed by atoms with Crippen LogP contribution in [0.15, 0.2) is 12.1 Å². The fourth-order valence-electron chi connectivity index (χ4n) is 2.38. The summed E-state index contributed by atoms with van der Waals surface area (Å²) in [4.78, 5) is 11.8. The van der Waals surface area contributed by atoms with E-state index in [0.717, 1.165) is 36.8 Å². The van der Waals surface area contributed by atoms with Gasteiger partial charge in [-0.05, 0) is 36.5 Å². The van der Waals surface area contributed by atoms with Gasteiger partial charge in [-0.15, -0.1) is 0 Å². The van der Waals surface area contributed by atoms with Gasteiger partial charge in [0.25, 0.3) is 0 Å². The summed E-state index contributed by atoms with van der Waals surface area (Å²) < 4.78 is 4.86. The molecule has 0 saturated carbocycles. The molecule has 0 aromatic heterocycles. The van der Waals surface area contributed by atoms with Gasteiger partial charge < -0.3 is 4.74 Å².